The van der Waals surface area contributed by atoms with Crippen molar-refractivity contribution in [2.45, 2.75) is 45.2 Å². The number of carbonyl (C=O) groups is 1. The zero-order valence-electron chi connectivity index (χ0n) is 20.0. The van der Waals surface area contributed by atoms with Crippen LogP contribution in [-0.2, 0) is 16.0 Å². The second-order valence-corrected chi connectivity index (χ2v) is 8.87. The number of hydrogen-bond donors (Lipinski definition) is 0. The van der Waals surface area contributed by atoms with Crippen molar-refractivity contribution in [3.8, 4) is 5.75 Å². The van der Waals surface area contributed by atoms with Crippen LogP contribution in [0.4, 0.5) is 18.9 Å². The van der Waals surface area contributed by atoms with Gasteiger partial charge in [0.25, 0.3) is 0 Å². The maximum atomic E-state index is 13.2. The molecule has 6 nitrogen and oxygen atoms in total. The number of ether oxygens (including phenoxy) is 2. The summed E-state index contributed by atoms with van der Waals surface area (Å²) in [6.45, 7) is 5.07. The highest BCUT2D eigenvalue weighted by Crippen LogP contribution is 2.36. The van der Waals surface area contributed by atoms with Gasteiger partial charge in [0.2, 0.25) is 0 Å². The lowest BCUT2D eigenvalue weighted by atomic mass is 10.00. The Morgan fingerprint density at radius 1 is 0.861 bits per heavy atom. The minimum atomic E-state index is -5.02. The van der Waals surface area contributed by atoms with Crippen LogP contribution in [0.5, 0.6) is 5.75 Å². The average Bonchev–Trinajstić information content (AvgIpc) is 2.81. The van der Waals surface area contributed by atoms with Crippen molar-refractivity contribution in [3.63, 3.8) is 0 Å². The van der Waals surface area contributed by atoms with Gasteiger partial charge in [-0.05, 0) is 37.6 Å². The van der Waals surface area contributed by atoms with E-state index in [9.17, 15) is 22.9 Å². The van der Waals surface area contributed by atoms with Gasteiger partial charge in [0.05, 0.1) is 5.71 Å². The second-order valence-electron chi connectivity index (χ2n) is 8.87. The Labute approximate surface area is 206 Å². The standard InChI is InChI=1S/C27H25F3N2O4/c1-26(2,3)36-25(33)21(17-20-15-10-16-22(24(20)32-34)35-27(28,29)30)31-23(18-11-6-4-7-12-18)19-13-8-5-9-14-19/h4-16,21H,17H2,1-3H3/t21-/m0/s1. The van der Waals surface area contributed by atoms with Gasteiger partial charge in [-0.15, -0.1) is 18.1 Å². The van der Waals surface area contributed by atoms with Crippen LogP contribution in [0.1, 0.15) is 37.5 Å². The van der Waals surface area contributed by atoms with Crippen molar-refractivity contribution in [2.75, 3.05) is 0 Å². The van der Waals surface area contributed by atoms with Gasteiger partial charge in [0.1, 0.15) is 5.60 Å². The Balaban J connectivity index is 2.13. The van der Waals surface area contributed by atoms with E-state index >= 15 is 0 Å². The number of halogens is 3. The van der Waals surface area contributed by atoms with E-state index in [0.29, 0.717) is 5.71 Å². The van der Waals surface area contributed by atoms with Crippen molar-refractivity contribution in [2.24, 2.45) is 10.2 Å². The topological polar surface area (TPSA) is 77.3 Å². The van der Waals surface area contributed by atoms with Crippen LogP contribution in [0.3, 0.4) is 0 Å². The summed E-state index contributed by atoms with van der Waals surface area (Å²) in [5.74, 6) is -1.46. The smallest absolute Gasteiger partial charge is 0.458 e. The Morgan fingerprint density at radius 3 is 1.89 bits per heavy atom. The zero-order chi connectivity index (χ0) is 26.3. The largest absolute Gasteiger partial charge is 0.573 e. The first-order valence-electron chi connectivity index (χ1n) is 11.1. The summed E-state index contributed by atoms with van der Waals surface area (Å²) < 4.78 is 48.1. The van der Waals surface area contributed by atoms with Gasteiger partial charge in [-0.2, -0.15) is 0 Å². The Hall–Kier alpha value is -4.01. The lowest BCUT2D eigenvalue weighted by Crippen LogP contribution is -2.33. The van der Waals surface area contributed by atoms with E-state index in [2.05, 4.69) is 9.91 Å². The molecule has 188 valence electrons. The van der Waals surface area contributed by atoms with Gasteiger partial charge in [-0.1, -0.05) is 72.8 Å². The minimum absolute atomic E-state index is 0.0619. The highest BCUT2D eigenvalue weighted by atomic mass is 19.4. The monoisotopic (exact) mass is 498 g/mol. The molecule has 0 saturated heterocycles. The molecular weight excluding hydrogens is 473 g/mol. The molecule has 0 aliphatic carbocycles. The quantitative estimate of drug-likeness (QED) is 0.195. The molecule has 0 fully saturated rings. The van der Waals surface area contributed by atoms with Crippen LogP contribution in [-0.4, -0.2) is 29.7 Å². The van der Waals surface area contributed by atoms with Crippen molar-refractivity contribution < 1.29 is 27.4 Å². The van der Waals surface area contributed by atoms with E-state index in [0.717, 1.165) is 17.2 Å². The number of carbonyl (C=O) groups excluding carboxylic acids is 1. The SMILES string of the molecule is CC(C)(C)OC(=O)[C@H](Cc1cccc(OC(F)(F)F)c1N=O)N=C(c1ccccc1)c1ccccc1. The van der Waals surface area contributed by atoms with Gasteiger partial charge in [0, 0.05) is 17.5 Å². The predicted octanol–water partition coefficient (Wildman–Crippen LogP) is 6.77. The van der Waals surface area contributed by atoms with E-state index in [4.69, 9.17) is 9.73 Å². The van der Waals surface area contributed by atoms with E-state index < -0.39 is 35.4 Å². The average molecular weight is 499 g/mol. The van der Waals surface area contributed by atoms with Crippen molar-refractivity contribution in [1.82, 2.24) is 0 Å². The molecule has 0 aliphatic rings. The Bertz CT molecular complexity index is 1180. The summed E-state index contributed by atoms with van der Waals surface area (Å²) >= 11 is 0. The maximum Gasteiger partial charge on any atom is 0.573 e. The predicted molar refractivity (Wildman–Crippen MR) is 130 cm³/mol. The molecule has 0 amide bonds. The van der Waals surface area contributed by atoms with Gasteiger partial charge in [0.15, 0.2) is 17.5 Å². The van der Waals surface area contributed by atoms with Crippen LogP contribution >= 0.6 is 0 Å². The van der Waals surface area contributed by atoms with Gasteiger partial charge in [-0.3, -0.25) is 4.99 Å². The molecule has 36 heavy (non-hydrogen) atoms. The lowest BCUT2D eigenvalue weighted by Gasteiger charge is -2.23. The molecule has 0 saturated carbocycles. The first kappa shape index (κ1) is 26.6. The molecule has 3 aromatic carbocycles. The molecule has 0 radical (unpaired) electrons. The van der Waals surface area contributed by atoms with Crippen LogP contribution in [0.25, 0.3) is 0 Å². The van der Waals surface area contributed by atoms with E-state index in [1.54, 1.807) is 20.8 Å². The van der Waals surface area contributed by atoms with E-state index in [-0.39, 0.29) is 12.0 Å². The first-order valence-corrected chi connectivity index (χ1v) is 11.1. The summed E-state index contributed by atoms with van der Waals surface area (Å²) in [4.78, 5) is 29.5. The summed E-state index contributed by atoms with van der Waals surface area (Å²) in [7, 11) is 0. The number of rotatable bonds is 8. The van der Waals surface area contributed by atoms with Crippen molar-refractivity contribution >= 4 is 17.4 Å². The number of alkyl halides is 3. The molecule has 1 atom stereocenters. The van der Waals surface area contributed by atoms with Gasteiger partial charge < -0.3 is 9.47 Å². The Kier molecular flexibility index (Phi) is 8.24. The first-order chi connectivity index (χ1) is 17.0. The third kappa shape index (κ3) is 7.49. The summed E-state index contributed by atoms with van der Waals surface area (Å²) in [6.07, 6.45) is -5.26. The van der Waals surface area contributed by atoms with E-state index in [1.165, 1.54) is 12.1 Å². The molecule has 0 aliphatic heterocycles. The number of benzene rings is 3. The molecule has 0 spiro atoms. The number of hydrogen-bond acceptors (Lipinski definition) is 6. The summed E-state index contributed by atoms with van der Waals surface area (Å²) in [5, 5.41) is 2.76. The lowest BCUT2D eigenvalue weighted by molar-refractivity contribution is -0.274. The Morgan fingerprint density at radius 2 is 1.42 bits per heavy atom. The molecular formula is C27H25F3N2O4. The van der Waals surface area contributed by atoms with Crippen molar-refractivity contribution in [3.05, 3.63) is 100 Å². The molecule has 0 unspecified atom stereocenters. The van der Waals surface area contributed by atoms with Crippen LogP contribution in [0.2, 0.25) is 0 Å². The molecule has 3 rings (SSSR count). The fourth-order valence-corrected chi connectivity index (χ4v) is 3.47. The van der Waals surface area contributed by atoms with Crippen LogP contribution in [0.15, 0.2) is 89.0 Å². The molecule has 0 N–H and O–H groups in total. The number of nitrogens with zero attached hydrogens (tertiary/aromatic N) is 2. The zero-order valence-corrected chi connectivity index (χ0v) is 20.0. The fraction of sp³-hybridized carbons (Fsp3) is 0.259. The molecule has 0 aromatic heterocycles. The fourth-order valence-electron chi connectivity index (χ4n) is 3.47. The minimum Gasteiger partial charge on any atom is -0.458 e. The summed E-state index contributed by atoms with van der Waals surface area (Å²) in [5.41, 5.74) is 0.583. The highest BCUT2D eigenvalue weighted by Gasteiger charge is 2.34. The maximum absolute atomic E-state index is 13.2. The second kappa shape index (κ2) is 11.2. The molecule has 9 heteroatoms. The summed E-state index contributed by atoms with van der Waals surface area (Å²) in [6, 6.07) is 20.8. The molecule has 0 bridgehead atoms. The van der Waals surface area contributed by atoms with E-state index in [1.807, 2.05) is 60.7 Å². The van der Waals surface area contributed by atoms with Crippen LogP contribution < -0.4 is 4.74 Å². The third-order valence-corrected chi connectivity index (χ3v) is 4.87. The number of aliphatic imine (C=N–C) groups is 1. The third-order valence-electron chi connectivity index (χ3n) is 4.87. The highest BCUT2D eigenvalue weighted by molar-refractivity contribution is 6.13. The van der Waals surface area contributed by atoms with Crippen molar-refractivity contribution in [1.29, 1.82) is 0 Å². The van der Waals surface area contributed by atoms with Gasteiger partial charge >= 0.3 is 12.3 Å². The van der Waals surface area contributed by atoms with Crippen LogP contribution in [0, 0.1) is 4.91 Å². The number of nitroso groups, excluding NO2 is 1. The normalized spacial score (nSPS) is 12.4. The molecule has 3 aromatic rings. The van der Waals surface area contributed by atoms with Gasteiger partial charge in [-0.25, -0.2) is 4.79 Å². The molecule has 0 heterocycles. The number of esters is 1.